The van der Waals surface area contributed by atoms with Crippen LogP contribution in [0.4, 0.5) is 0 Å². The SMILES string of the molecule is C=CC(=O)NC1(C)CCN(S(=O)(=O)c2ccc(S(=O)(=O)N3CCOCC3)cc2)CC1. The minimum Gasteiger partial charge on any atom is -0.379 e. The Labute approximate surface area is 177 Å². The van der Waals surface area contributed by atoms with E-state index in [4.69, 9.17) is 4.74 Å². The van der Waals surface area contributed by atoms with Crippen LogP contribution in [-0.2, 0) is 29.6 Å². The van der Waals surface area contributed by atoms with Gasteiger partial charge in [-0.3, -0.25) is 4.79 Å². The van der Waals surface area contributed by atoms with Gasteiger partial charge in [0.05, 0.1) is 23.0 Å². The topological polar surface area (TPSA) is 113 Å². The number of carbonyl (C=O) groups excluding carboxylic acids is 1. The molecular formula is C19H27N3O6S2. The lowest BCUT2D eigenvalue weighted by molar-refractivity contribution is -0.118. The largest absolute Gasteiger partial charge is 0.379 e. The summed E-state index contributed by atoms with van der Waals surface area (Å²) >= 11 is 0. The van der Waals surface area contributed by atoms with Gasteiger partial charge in [0.1, 0.15) is 0 Å². The molecule has 9 nitrogen and oxygen atoms in total. The molecule has 11 heteroatoms. The van der Waals surface area contributed by atoms with Crippen molar-refractivity contribution < 1.29 is 26.4 Å². The minimum absolute atomic E-state index is 0.0437. The Morgan fingerprint density at radius 1 is 0.967 bits per heavy atom. The maximum atomic E-state index is 13.0. The fraction of sp³-hybridized carbons (Fsp3) is 0.526. The summed E-state index contributed by atoms with van der Waals surface area (Å²) in [6.07, 6.45) is 2.13. The van der Waals surface area contributed by atoms with Crippen molar-refractivity contribution in [3.8, 4) is 0 Å². The van der Waals surface area contributed by atoms with Crippen molar-refractivity contribution in [3.05, 3.63) is 36.9 Å². The fourth-order valence-electron chi connectivity index (χ4n) is 3.56. The van der Waals surface area contributed by atoms with Crippen LogP contribution < -0.4 is 5.32 Å². The van der Waals surface area contributed by atoms with Crippen molar-refractivity contribution in [2.45, 2.75) is 35.1 Å². The molecule has 0 radical (unpaired) electrons. The Morgan fingerprint density at radius 2 is 1.40 bits per heavy atom. The molecule has 0 aliphatic carbocycles. The Kier molecular flexibility index (Phi) is 6.68. The molecule has 2 aliphatic rings. The van der Waals surface area contributed by atoms with Crippen LogP contribution in [0.1, 0.15) is 19.8 Å². The molecule has 1 aromatic rings. The molecule has 0 unspecified atom stereocenters. The number of nitrogens with zero attached hydrogens (tertiary/aromatic N) is 2. The van der Waals surface area contributed by atoms with Crippen LogP contribution in [0.3, 0.4) is 0 Å². The second kappa shape index (κ2) is 8.75. The summed E-state index contributed by atoms with van der Waals surface area (Å²) in [6.45, 7) is 7.05. The van der Waals surface area contributed by atoms with E-state index in [0.29, 0.717) is 26.1 Å². The van der Waals surface area contributed by atoms with Crippen molar-refractivity contribution in [3.63, 3.8) is 0 Å². The van der Waals surface area contributed by atoms with E-state index in [0.717, 1.165) is 0 Å². The highest BCUT2D eigenvalue weighted by Gasteiger charge is 2.36. The molecule has 2 fully saturated rings. The van der Waals surface area contributed by atoms with Gasteiger partial charge in [-0.05, 0) is 50.1 Å². The third kappa shape index (κ3) is 4.75. The second-order valence-electron chi connectivity index (χ2n) is 7.65. The molecule has 0 spiro atoms. The summed E-state index contributed by atoms with van der Waals surface area (Å²) < 4.78 is 59.3. The molecule has 166 valence electrons. The first-order valence-electron chi connectivity index (χ1n) is 9.71. The third-order valence-corrected chi connectivity index (χ3v) is 9.33. The zero-order chi connectivity index (χ0) is 22.0. The molecule has 2 aliphatic heterocycles. The van der Waals surface area contributed by atoms with Gasteiger partial charge in [0.15, 0.2) is 0 Å². The van der Waals surface area contributed by atoms with Gasteiger partial charge in [-0.15, -0.1) is 0 Å². The Hall–Kier alpha value is -1.79. The predicted octanol–water partition coefficient (Wildman–Crippen LogP) is 0.553. The van der Waals surface area contributed by atoms with Crippen LogP contribution in [0.5, 0.6) is 0 Å². The van der Waals surface area contributed by atoms with Gasteiger partial charge in [0, 0.05) is 31.7 Å². The number of sulfonamides is 2. The lowest BCUT2D eigenvalue weighted by Gasteiger charge is -2.39. The third-order valence-electron chi connectivity index (χ3n) is 5.51. The first kappa shape index (κ1) is 22.9. The Bertz CT molecular complexity index is 991. The van der Waals surface area contributed by atoms with Crippen LogP contribution in [0.15, 0.2) is 46.7 Å². The average molecular weight is 458 g/mol. The summed E-state index contributed by atoms with van der Waals surface area (Å²) in [5, 5.41) is 2.85. The molecule has 2 heterocycles. The quantitative estimate of drug-likeness (QED) is 0.625. The van der Waals surface area contributed by atoms with E-state index in [2.05, 4.69) is 11.9 Å². The molecule has 3 rings (SSSR count). The van der Waals surface area contributed by atoms with Crippen molar-refractivity contribution >= 4 is 26.0 Å². The summed E-state index contributed by atoms with van der Waals surface area (Å²) in [5.41, 5.74) is -0.493. The van der Waals surface area contributed by atoms with E-state index in [1.165, 1.54) is 39.0 Å². The highest BCUT2D eigenvalue weighted by molar-refractivity contribution is 7.89. The molecular weight excluding hydrogens is 430 g/mol. The van der Waals surface area contributed by atoms with Gasteiger partial charge in [-0.2, -0.15) is 8.61 Å². The Morgan fingerprint density at radius 3 is 1.83 bits per heavy atom. The molecule has 1 aromatic carbocycles. The van der Waals surface area contributed by atoms with Crippen LogP contribution in [0, 0.1) is 0 Å². The van der Waals surface area contributed by atoms with Crippen LogP contribution >= 0.6 is 0 Å². The maximum absolute atomic E-state index is 13.0. The number of ether oxygens (including phenoxy) is 1. The second-order valence-corrected chi connectivity index (χ2v) is 11.5. The lowest BCUT2D eigenvalue weighted by atomic mass is 9.90. The van der Waals surface area contributed by atoms with E-state index < -0.39 is 25.6 Å². The summed E-state index contributed by atoms with van der Waals surface area (Å²) in [6, 6.07) is 5.32. The number of piperidine rings is 1. The van der Waals surface area contributed by atoms with E-state index >= 15 is 0 Å². The molecule has 0 bridgehead atoms. The van der Waals surface area contributed by atoms with E-state index in [-0.39, 0.29) is 41.9 Å². The highest BCUT2D eigenvalue weighted by Crippen LogP contribution is 2.27. The first-order valence-corrected chi connectivity index (χ1v) is 12.6. The number of rotatable bonds is 6. The smallest absolute Gasteiger partial charge is 0.243 e. The van der Waals surface area contributed by atoms with Crippen LogP contribution in [0.25, 0.3) is 0 Å². The van der Waals surface area contributed by atoms with E-state index in [1.54, 1.807) is 0 Å². The summed E-state index contributed by atoms with van der Waals surface area (Å²) in [7, 11) is -7.44. The number of benzene rings is 1. The monoisotopic (exact) mass is 457 g/mol. The number of morpholine rings is 1. The van der Waals surface area contributed by atoms with Crippen molar-refractivity contribution in [2.24, 2.45) is 0 Å². The molecule has 2 saturated heterocycles. The van der Waals surface area contributed by atoms with Crippen LogP contribution in [-0.4, -0.2) is 76.3 Å². The first-order chi connectivity index (χ1) is 14.1. The minimum atomic E-state index is -3.76. The number of hydrogen-bond donors (Lipinski definition) is 1. The van der Waals surface area contributed by atoms with Gasteiger partial charge in [-0.25, -0.2) is 16.8 Å². The average Bonchev–Trinajstić information content (AvgIpc) is 2.74. The Balaban J connectivity index is 1.71. The number of hydrogen-bond acceptors (Lipinski definition) is 6. The molecule has 1 amide bonds. The summed E-state index contributed by atoms with van der Waals surface area (Å²) in [4.78, 5) is 11.7. The molecule has 30 heavy (non-hydrogen) atoms. The zero-order valence-corrected chi connectivity index (χ0v) is 18.5. The van der Waals surface area contributed by atoms with Gasteiger partial charge >= 0.3 is 0 Å². The van der Waals surface area contributed by atoms with Gasteiger partial charge < -0.3 is 10.1 Å². The van der Waals surface area contributed by atoms with Crippen molar-refractivity contribution in [2.75, 3.05) is 39.4 Å². The van der Waals surface area contributed by atoms with Crippen LogP contribution in [0.2, 0.25) is 0 Å². The van der Waals surface area contributed by atoms with Gasteiger partial charge in [0.2, 0.25) is 26.0 Å². The highest BCUT2D eigenvalue weighted by atomic mass is 32.2. The molecule has 0 aromatic heterocycles. The molecule has 0 atom stereocenters. The number of carbonyl (C=O) groups is 1. The predicted molar refractivity (Wildman–Crippen MR) is 111 cm³/mol. The fourth-order valence-corrected chi connectivity index (χ4v) is 6.41. The standard InChI is InChI=1S/C19H27N3O6S2/c1-3-18(23)20-19(2)8-10-21(11-9-19)29(24,25)16-4-6-17(7-5-16)30(26,27)22-12-14-28-15-13-22/h3-7H,1,8-15H2,2H3,(H,20,23). The van der Waals surface area contributed by atoms with E-state index in [9.17, 15) is 21.6 Å². The lowest BCUT2D eigenvalue weighted by Crippen LogP contribution is -2.53. The number of amides is 1. The zero-order valence-electron chi connectivity index (χ0n) is 16.9. The molecule has 1 N–H and O–H groups in total. The normalized spacial score (nSPS) is 21.1. The van der Waals surface area contributed by atoms with Gasteiger partial charge in [-0.1, -0.05) is 6.58 Å². The van der Waals surface area contributed by atoms with Crippen molar-refractivity contribution in [1.82, 2.24) is 13.9 Å². The molecule has 0 saturated carbocycles. The van der Waals surface area contributed by atoms with Crippen molar-refractivity contribution in [1.29, 1.82) is 0 Å². The summed E-state index contributed by atoms with van der Waals surface area (Å²) in [5.74, 6) is -0.286. The van der Waals surface area contributed by atoms with E-state index in [1.807, 2.05) is 6.92 Å². The van der Waals surface area contributed by atoms with Gasteiger partial charge in [0.25, 0.3) is 0 Å². The maximum Gasteiger partial charge on any atom is 0.243 e. The number of nitrogens with one attached hydrogen (secondary N) is 1.